The molecule has 0 saturated carbocycles. The quantitative estimate of drug-likeness (QED) is 0.123. The summed E-state index contributed by atoms with van der Waals surface area (Å²) in [7, 11) is 1.43. The van der Waals surface area contributed by atoms with Crippen molar-refractivity contribution in [3.63, 3.8) is 0 Å². The largest absolute Gasteiger partial charge is 0.507 e. The number of hydrogen-bond acceptors (Lipinski definition) is 13. The average molecular weight is 831 g/mol. The van der Waals surface area contributed by atoms with E-state index < -0.39 is 95.5 Å². The third-order valence-corrected chi connectivity index (χ3v) is 11.2. The van der Waals surface area contributed by atoms with Crippen molar-refractivity contribution in [2.24, 2.45) is 23.7 Å². The molecule has 15 heteroatoms. The molecule has 322 valence electrons. The van der Waals surface area contributed by atoms with Crippen molar-refractivity contribution in [2.45, 2.75) is 85.6 Å². The summed E-state index contributed by atoms with van der Waals surface area (Å²) in [4.78, 5) is 53.4. The van der Waals surface area contributed by atoms with Gasteiger partial charge >= 0.3 is 11.8 Å². The number of phenolic OH excluding ortho intramolecular Hbond substituents is 2. The second-order valence-corrected chi connectivity index (χ2v) is 15.6. The Labute approximate surface area is 348 Å². The van der Waals surface area contributed by atoms with Crippen LogP contribution < -0.4 is 20.1 Å². The Hall–Kier alpha value is -5.90. The van der Waals surface area contributed by atoms with Gasteiger partial charge in [-0.05, 0) is 32.1 Å². The monoisotopic (exact) mass is 830 g/mol. The second kappa shape index (κ2) is 18.6. The number of amides is 2. The second-order valence-electron chi connectivity index (χ2n) is 15.6. The summed E-state index contributed by atoms with van der Waals surface area (Å²) in [5.41, 5.74) is 0.412. The minimum Gasteiger partial charge on any atom is -0.507 e. The lowest BCUT2D eigenvalue weighted by atomic mass is 9.78. The predicted molar refractivity (Wildman–Crippen MR) is 223 cm³/mol. The number of rotatable bonds is 6. The molecule has 3 aromatic carbocycles. The van der Waals surface area contributed by atoms with Gasteiger partial charge < -0.3 is 54.7 Å². The lowest BCUT2D eigenvalue weighted by Gasteiger charge is -2.38. The van der Waals surface area contributed by atoms with E-state index >= 15 is 0 Å². The maximum Gasteiger partial charge on any atom is 0.312 e. The van der Waals surface area contributed by atoms with E-state index in [1.807, 2.05) is 0 Å². The Morgan fingerprint density at radius 3 is 2.27 bits per heavy atom. The molecule has 0 aliphatic carbocycles. The van der Waals surface area contributed by atoms with Crippen molar-refractivity contribution in [3.8, 4) is 23.0 Å². The number of allylic oxidation sites excluding steroid dienone is 2. The van der Waals surface area contributed by atoms with Crippen molar-refractivity contribution < 1.29 is 63.3 Å². The van der Waals surface area contributed by atoms with E-state index in [-0.39, 0.29) is 44.7 Å². The maximum absolute atomic E-state index is 14.5. The number of fused-ring (bicyclic) bond motifs is 14. The number of esters is 1. The molecular formula is C45H54N2O13. The van der Waals surface area contributed by atoms with Gasteiger partial charge in [0.05, 0.1) is 41.2 Å². The van der Waals surface area contributed by atoms with Crippen LogP contribution in [0.25, 0.3) is 10.8 Å². The summed E-state index contributed by atoms with van der Waals surface area (Å²) in [6, 6.07) is 9.87. The van der Waals surface area contributed by atoms with E-state index in [1.165, 1.54) is 59.3 Å². The first-order chi connectivity index (χ1) is 28.3. The number of hydrogen-bond donors (Lipinski definition) is 6. The van der Waals surface area contributed by atoms with Crippen molar-refractivity contribution in [1.29, 1.82) is 0 Å². The summed E-state index contributed by atoms with van der Waals surface area (Å²) in [5, 5.41) is 51.1. The number of methoxy groups -OCH3 is 1. The van der Waals surface area contributed by atoms with Gasteiger partial charge in [0.1, 0.15) is 23.4 Å². The molecule has 3 aliphatic rings. The molecule has 0 radical (unpaired) electrons. The summed E-state index contributed by atoms with van der Waals surface area (Å²) in [6.45, 7) is 11.9. The SMILES string of the molecule is COC1/C=C/OC2(C)Oc3c(C)c(O)c4c(O)c(cc(OCC(=O)Nc5ccccc5)c4c3C2=O)NC(=O)/C(C)=C/C=C/C(C)C(O)C(C)C(O)C(C)C(OC(C)=O)C1C. The maximum atomic E-state index is 14.5. The van der Waals surface area contributed by atoms with Crippen LogP contribution in [0.3, 0.4) is 0 Å². The number of para-hydroxylation sites is 1. The predicted octanol–water partition coefficient (Wildman–Crippen LogP) is 6.07. The molecule has 3 heterocycles. The highest BCUT2D eigenvalue weighted by atomic mass is 16.7. The van der Waals surface area contributed by atoms with Crippen LogP contribution in [0.15, 0.2) is 72.5 Å². The molecule has 6 rings (SSSR count). The molecule has 9 unspecified atom stereocenters. The minimum absolute atomic E-state index is 0.0612. The smallest absolute Gasteiger partial charge is 0.312 e. The fourth-order valence-electron chi connectivity index (χ4n) is 7.61. The Balaban J connectivity index is 1.66. The normalized spacial score (nSPS) is 29.4. The molecule has 0 fully saturated rings. The standard InChI is InChI=1S/C45H54N2O13/c1-22-14-13-15-23(2)44(55)47-30-20-32(57-21-33(49)46-29-16-11-10-12-17-29)34-35(40(30)53)39(52)27(6)42-36(34)43(54)45(8,60-42)58-19-18-31(56-9)24(3)41(59-28(7)48)26(5)38(51)25(4)37(22)50/h10-20,22,24-26,31,37-38,41,50-53H,21H2,1-9H3,(H,46,49)(H,47,55)/b14-13+,19-18+,23-15+. The number of phenols is 2. The lowest BCUT2D eigenvalue weighted by Crippen LogP contribution is -2.46. The van der Waals surface area contributed by atoms with Gasteiger partial charge in [-0.2, -0.15) is 0 Å². The minimum atomic E-state index is -2.04. The molecule has 5 bridgehead atoms. The van der Waals surface area contributed by atoms with E-state index in [0.717, 1.165) is 0 Å². The zero-order chi connectivity index (χ0) is 44.2. The van der Waals surface area contributed by atoms with Crippen LogP contribution >= 0.6 is 0 Å². The summed E-state index contributed by atoms with van der Waals surface area (Å²) in [6.07, 6.45) is 3.52. The van der Waals surface area contributed by atoms with Crippen LogP contribution in [0.4, 0.5) is 11.4 Å². The molecular weight excluding hydrogens is 776 g/mol. The van der Waals surface area contributed by atoms with E-state index in [0.29, 0.717) is 5.69 Å². The van der Waals surface area contributed by atoms with Crippen LogP contribution in [0.5, 0.6) is 23.0 Å². The van der Waals surface area contributed by atoms with Gasteiger partial charge in [0.2, 0.25) is 0 Å². The zero-order valence-corrected chi connectivity index (χ0v) is 35.1. The molecule has 9 atom stereocenters. The number of benzene rings is 3. The van der Waals surface area contributed by atoms with Gasteiger partial charge in [0, 0.05) is 72.9 Å². The average Bonchev–Trinajstić information content (AvgIpc) is 3.48. The number of aromatic hydroxyl groups is 2. The number of anilines is 2. The van der Waals surface area contributed by atoms with Crippen molar-refractivity contribution in [2.75, 3.05) is 24.4 Å². The van der Waals surface area contributed by atoms with Crippen molar-refractivity contribution in [3.05, 3.63) is 83.7 Å². The first-order valence-corrected chi connectivity index (χ1v) is 19.6. The van der Waals surface area contributed by atoms with E-state index in [9.17, 15) is 39.6 Å². The topological polar surface area (TPSA) is 219 Å². The Kier molecular flexibility index (Phi) is 14.0. The van der Waals surface area contributed by atoms with Crippen LogP contribution in [0.2, 0.25) is 0 Å². The molecule has 6 N–H and O–H groups in total. The Morgan fingerprint density at radius 2 is 1.62 bits per heavy atom. The van der Waals surface area contributed by atoms with Gasteiger partial charge in [0.25, 0.3) is 17.6 Å². The van der Waals surface area contributed by atoms with E-state index in [4.69, 9.17) is 23.7 Å². The molecule has 3 aromatic rings. The van der Waals surface area contributed by atoms with Crippen LogP contribution in [-0.4, -0.2) is 87.9 Å². The number of carbonyl (C=O) groups is 4. The number of aliphatic hydroxyl groups excluding tert-OH is 2. The van der Waals surface area contributed by atoms with Gasteiger partial charge in [-0.3, -0.25) is 19.2 Å². The Bertz CT molecular complexity index is 2220. The van der Waals surface area contributed by atoms with Crippen LogP contribution in [0, 0.1) is 30.6 Å². The first-order valence-electron chi connectivity index (χ1n) is 19.6. The Morgan fingerprint density at radius 1 is 0.933 bits per heavy atom. The highest BCUT2D eigenvalue weighted by Crippen LogP contribution is 2.54. The van der Waals surface area contributed by atoms with Gasteiger partial charge in [-0.25, -0.2) is 0 Å². The molecule has 0 aromatic heterocycles. The van der Waals surface area contributed by atoms with Gasteiger partial charge in [0.15, 0.2) is 12.4 Å². The van der Waals surface area contributed by atoms with Gasteiger partial charge in [-0.15, -0.1) is 0 Å². The molecule has 0 spiro atoms. The van der Waals surface area contributed by atoms with Crippen LogP contribution in [0.1, 0.15) is 64.4 Å². The lowest BCUT2D eigenvalue weighted by molar-refractivity contribution is -0.160. The number of ether oxygens (including phenoxy) is 5. The summed E-state index contributed by atoms with van der Waals surface area (Å²) >= 11 is 0. The highest BCUT2D eigenvalue weighted by molar-refractivity contribution is 6.21. The highest BCUT2D eigenvalue weighted by Gasteiger charge is 2.49. The summed E-state index contributed by atoms with van der Waals surface area (Å²) in [5.74, 6) is -8.41. The first kappa shape index (κ1) is 45.2. The third-order valence-electron chi connectivity index (χ3n) is 11.2. The zero-order valence-electron chi connectivity index (χ0n) is 35.1. The van der Waals surface area contributed by atoms with Gasteiger partial charge in [-0.1, -0.05) is 64.1 Å². The van der Waals surface area contributed by atoms with E-state index in [2.05, 4.69) is 10.6 Å². The fraction of sp³-hybridized carbons (Fsp3) is 0.422. The number of Topliss-reactive ketones (excluding diaryl/α,β-unsaturated/α-hetero) is 1. The molecule has 3 aliphatic heterocycles. The van der Waals surface area contributed by atoms with Crippen LogP contribution in [-0.2, 0) is 28.6 Å². The number of ketones is 1. The molecule has 0 saturated heterocycles. The summed E-state index contributed by atoms with van der Waals surface area (Å²) < 4.78 is 29.6. The fourth-order valence-corrected chi connectivity index (χ4v) is 7.61. The number of aliphatic hydroxyl groups is 2. The van der Waals surface area contributed by atoms with Crippen molar-refractivity contribution >= 4 is 45.7 Å². The number of nitrogens with one attached hydrogen (secondary N) is 2. The van der Waals surface area contributed by atoms with Crippen molar-refractivity contribution in [1.82, 2.24) is 0 Å². The molecule has 2 amide bonds. The molecule has 60 heavy (non-hydrogen) atoms. The number of carbonyl (C=O) groups excluding carboxylic acids is 4. The van der Waals surface area contributed by atoms with E-state index in [1.54, 1.807) is 70.2 Å². The molecule has 15 nitrogen and oxygen atoms in total. The third kappa shape index (κ3) is 9.28.